The number of carbonyl (C=O) groups is 3. The Morgan fingerprint density at radius 2 is 0.833 bits per heavy atom. The number of benzene rings is 5. The largest absolute Gasteiger partial charge is 0.369 e. The van der Waals surface area contributed by atoms with Crippen LogP contribution in [0.4, 0.5) is 22.7 Å². The predicted molar refractivity (Wildman–Crippen MR) is 165 cm³/mol. The van der Waals surface area contributed by atoms with E-state index in [0.717, 1.165) is 5.69 Å². The number of carbonyl (C=O) groups excluding carboxylic acids is 3. The van der Waals surface area contributed by atoms with Gasteiger partial charge in [0.25, 0.3) is 17.7 Å². The van der Waals surface area contributed by atoms with Gasteiger partial charge in [0.15, 0.2) is 6.23 Å². The topological polar surface area (TPSA) is 120 Å². The van der Waals surface area contributed by atoms with E-state index < -0.39 is 6.23 Å². The summed E-state index contributed by atoms with van der Waals surface area (Å²) in [5, 5.41) is 21.9. The van der Waals surface area contributed by atoms with Crippen LogP contribution in [0.3, 0.4) is 0 Å². The molecule has 1 atom stereocenters. The van der Waals surface area contributed by atoms with Gasteiger partial charge in [0.1, 0.15) is 0 Å². The SMILES string of the molecule is O=C(Nc1ccccc1)c1ccc(C(=O)Nc2cccc(NC(=O)c3ccc(C(O)Nc4ccccc4)cc3)c2)cc1. The summed E-state index contributed by atoms with van der Waals surface area (Å²) in [6, 6.07) is 38.2. The molecule has 0 bridgehead atoms. The third kappa shape index (κ3) is 7.26. The molecule has 3 amide bonds. The van der Waals surface area contributed by atoms with Crippen LogP contribution in [0, 0.1) is 0 Å². The fourth-order valence-corrected chi connectivity index (χ4v) is 4.17. The van der Waals surface area contributed by atoms with Crippen molar-refractivity contribution >= 4 is 40.5 Å². The van der Waals surface area contributed by atoms with Crippen molar-refractivity contribution in [3.05, 3.63) is 156 Å². The van der Waals surface area contributed by atoms with E-state index in [1.165, 1.54) is 0 Å². The molecule has 0 aliphatic rings. The Morgan fingerprint density at radius 3 is 1.31 bits per heavy atom. The Morgan fingerprint density at radius 1 is 0.452 bits per heavy atom. The van der Waals surface area contributed by atoms with E-state index in [2.05, 4.69) is 21.3 Å². The van der Waals surface area contributed by atoms with Gasteiger partial charge in [0, 0.05) is 45.0 Å². The normalized spacial score (nSPS) is 11.2. The Labute approximate surface area is 243 Å². The fourth-order valence-electron chi connectivity index (χ4n) is 4.17. The fraction of sp³-hybridized carbons (Fsp3) is 0.0294. The first kappa shape index (κ1) is 27.8. The minimum Gasteiger partial charge on any atom is -0.369 e. The molecule has 0 spiro atoms. The molecule has 5 aromatic carbocycles. The summed E-state index contributed by atoms with van der Waals surface area (Å²) < 4.78 is 0. The molecule has 0 aliphatic heterocycles. The van der Waals surface area contributed by atoms with Crippen LogP contribution in [0.25, 0.3) is 0 Å². The maximum absolute atomic E-state index is 12.8. The maximum Gasteiger partial charge on any atom is 0.255 e. The molecule has 0 aromatic heterocycles. The second-order valence-corrected chi connectivity index (χ2v) is 9.42. The number of hydrogen-bond acceptors (Lipinski definition) is 5. The first-order chi connectivity index (χ1) is 20.4. The summed E-state index contributed by atoms with van der Waals surface area (Å²) in [5.41, 5.74) is 4.29. The molecule has 42 heavy (non-hydrogen) atoms. The Kier molecular flexibility index (Phi) is 8.67. The molecule has 0 saturated heterocycles. The summed E-state index contributed by atoms with van der Waals surface area (Å²) in [6.45, 7) is 0. The molecule has 5 N–H and O–H groups in total. The summed E-state index contributed by atoms with van der Waals surface area (Å²) in [7, 11) is 0. The van der Waals surface area contributed by atoms with Crippen LogP contribution >= 0.6 is 0 Å². The number of aliphatic hydroxyl groups is 1. The standard InChI is InChI=1S/C34H28N4O4/c39-31(35-27-8-3-1-4-9-27)23-14-18-25(19-15-23)33(41)37-29-12-7-13-30(22-29)38-34(42)26-20-16-24(17-21-26)32(40)36-28-10-5-2-6-11-28/h1-22,31,35,39H,(H,36,40)(H,37,41)(H,38,42). The number of hydrogen-bond donors (Lipinski definition) is 5. The van der Waals surface area contributed by atoms with Gasteiger partial charge in [0.05, 0.1) is 0 Å². The summed E-state index contributed by atoms with van der Waals surface area (Å²) >= 11 is 0. The zero-order chi connectivity index (χ0) is 29.3. The monoisotopic (exact) mass is 556 g/mol. The molecule has 208 valence electrons. The summed E-state index contributed by atoms with van der Waals surface area (Å²) in [4.78, 5) is 38.1. The molecule has 5 rings (SSSR count). The van der Waals surface area contributed by atoms with Crippen molar-refractivity contribution in [1.29, 1.82) is 0 Å². The molecule has 5 aromatic rings. The third-order valence-corrected chi connectivity index (χ3v) is 6.39. The van der Waals surface area contributed by atoms with Crippen LogP contribution in [0.2, 0.25) is 0 Å². The maximum atomic E-state index is 12.8. The second-order valence-electron chi connectivity index (χ2n) is 9.42. The predicted octanol–water partition coefficient (Wildman–Crippen LogP) is 6.55. The molecule has 8 nitrogen and oxygen atoms in total. The van der Waals surface area contributed by atoms with E-state index in [9.17, 15) is 19.5 Å². The van der Waals surface area contributed by atoms with Crippen LogP contribution in [0.1, 0.15) is 42.9 Å². The molecular weight excluding hydrogens is 528 g/mol. The van der Waals surface area contributed by atoms with E-state index in [4.69, 9.17) is 0 Å². The molecular formula is C34H28N4O4. The highest BCUT2D eigenvalue weighted by atomic mass is 16.3. The lowest BCUT2D eigenvalue weighted by atomic mass is 10.1. The molecule has 0 heterocycles. The van der Waals surface area contributed by atoms with Crippen LogP contribution < -0.4 is 21.3 Å². The number of nitrogens with one attached hydrogen (secondary N) is 4. The van der Waals surface area contributed by atoms with Gasteiger partial charge < -0.3 is 26.4 Å². The van der Waals surface area contributed by atoms with Crippen molar-refractivity contribution in [2.45, 2.75) is 6.23 Å². The Balaban J connectivity index is 1.16. The van der Waals surface area contributed by atoms with Crippen molar-refractivity contribution in [1.82, 2.24) is 0 Å². The molecule has 0 aliphatic carbocycles. The van der Waals surface area contributed by atoms with Gasteiger partial charge in [-0.25, -0.2) is 0 Å². The van der Waals surface area contributed by atoms with Crippen molar-refractivity contribution in [3.8, 4) is 0 Å². The zero-order valence-corrected chi connectivity index (χ0v) is 22.5. The van der Waals surface area contributed by atoms with Gasteiger partial charge in [-0.15, -0.1) is 0 Å². The average Bonchev–Trinajstić information content (AvgIpc) is 3.02. The number of aliphatic hydroxyl groups excluding tert-OH is 1. The van der Waals surface area contributed by atoms with Crippen LogP contribution in [0.15, 0.2) is 133 Å². The second kappa shape index (κ2) is 13.1. The number of amides is 3. The third-order valence-electron chi connectivity index (χ3n) is 6.39. The van der Waals surface area contributed by atoms with Crippen molar-refractivity contribution in [2.24, 2.45) is 0 Å². The quantitative estimate of drug-likeness (QED) is 0.132. The molecule has 0 fully saturated rings. The van der Waals surface area contributed by atoms with Crippen molar-refractivity contribution < 1.29 is 19.5 Å². The van der Waals surface area contributed by atoms with E-state index in [1.807, 2.05) is 48.5 Å². The van der Waals surface area contributed by atoms with Crippen molar-refractivity contribution in [2.75, 3.05) is 21.3 Å². The number of anilines is 4. The van der Waals surface area contributed by atoms with Gasteiger partial charge in [0.2, 0.25) is 0 Å². The minimum absolute atomic E-state index is 0.272. The molecule has 8 heteroatoms. The van der Waals surface area contributed by atoms with Gasteiger partial charge in [-0.05, 0) is 78.9 Å². The van der Waals surface area contributed by atoms with E-state index in [1.54, 1.807) is 84.9 Å². The van der Waals surface area contributed by atoms with E-state index in [-0.39, 0.29) is 17.7 Å². The first-order valence-corrected chi connectivity index (χ1v) is 13.2. The summed E-state index contributed by atoms with van der Waals surface area (Å²) in [5.74, 6) is -0.960. The smallest absolute Gasteiger partial charge is 0.255 e. The minimum atomic E-state index is -0.924. The number of rotatable bonds is 9. The van der Waals surface area contributed by atoms with Gasteiger partial charge in [-0.3, -0.25) is 14.4 Å². The van der Waals surface area contributed by atoms with E-state index in [0.29, 0.717) is 39.3 Å². The molecule has 1 unspecified atom stereocenters. The first-order valence-electron chi connectivity index (χ1n) is 13.2. The molecule has 0 saturated carbocycles. The Hall–Kier alpha value is -5.73. The highest BCUT2D eigenvalue weighted by Gasteiger charge is 2.12. The van der Waals surface area contributed by atoms with Gasteiger partial charge >= 0.3 is 0 Å². The van der Waals surface area contributed by atoms with Crippen LogP contribution in [-0.4, -0.2) is 22.8 Å². The van der Waals surface area contributed by atoms with E-state index >= 15 is 0 Å². The average molecular weight is 557 g/mol. The lowest BCUT2D eigenvalue weighted by molar-refractivity contribution is 0.101. The van der Waals surface area contributed by atoms with Crippen LogP contribution in [0.5, 0.6) is 0 Å². The zero-order valence-electron chi connectivity index (χ0n) is 22.5. The van der Waals surface area contributed by atoms with Crippen molar-refractivity contribution in [3.63, 3.8) is 0 Å². The highest BCUT2D eigenvalue weighted by Crippen LogP contribution is 2.20. The highest BCUT2D eigenvalue weighted by molar-refractivity contribution is 6.08. The summed E-state index contributed by atoms with van der Waals surface area (Å²) in [6.07, 6.45) is -0.924. The van der Waals surface area contributed by atoms with Gasteiger partial charge in [-0.1, -0.05) is 54.6 Å². The van der Waals surface area contributed by atoms with Gasteiger partial charge in [-0.2, -0.15) is 0 Å². The lowest BCUT2D eigenvalue weighted by Gasteiger charge is -2.15. The number of para-hydroxylation sites is 2. The van der Waals surface area contributed by atoms with Crippen LogP contribution in [-0.2, 0) is 0 Å². The Bertz CT molecular complexity index is 1670. The lowest BCUT2D eigenvalue weighted by Crippen LogP contribution is -2.15. The molecule has 0 radical (unpaired) electrons.